The predicted molar refractivity (Wildman–Crippen MR) is 91.3 cm³/mol. The minimum atomic E-state index is -0.139. The molecule has 0 saturated heterocycles. The average Bonchev–Trinajstić information content (AvgIpc) is 2.86. The zero-order chi connectivity index (χ0) is 15.5. The number of rotatable bonds is 4. The third-order valence-electron chi connectivity index (χ3n) is 3.39. The summed E-state index contributed by atoms with van der Waals surface area (Å²) in [6.07, 6.45) is 3.59. The van der Waals surface area contributed by atoms with Crippen LogP contribution in [0.1, 0.15) is 29.5 Å². The number of carbonyl (C=O) groups excluding carboxylic acids is 1. The molecule has 2 heterocycles. The van der Waals surface area contributed by atoms with Crippen LogP contribution in [-0.2, 0) is 6.42 Å². The number of amides is 1. The molecule has 0 bridgehead atoms. The second kappa shape index (κ2) is 6.32. The van der Waals surface area contributed by atoms with Crippen LogP contribution in [0.25, 0.3) is 5.65 Å². The van der Waals surface area contributed by atoms with Gasteiger partial charge in [-0.15, -0.1) is 0 Å². The van der Waals surface area contributed by atoms with Crippen molar-refractivity contribution in [1.82, 2.24) is 9.38 Å². The molecule has 0 aliphatic carbocycles. The Hall–Kier alpha value is -2.14. The normalized spacial score (nSPS) is 10.8. The van der Waals surface area contributed by atoms with Gasteiger partial charge < -0.3 is 5.32 Å². The summed E-state index contributed by atoms with van der Waals surface area (Å²) >= 11 is 3.45. The Bertz CT molecular complexity index is 811. The fourth-order valence-corrected chi connectivity index (χ4v) is 2.77. The van der Waals surface area contributed by atoms with Crippen LogP contribution in [0.5, 0.6) is 0 Å². The maximum absolute atomic E-state index is 12.7. The van der Waals surface area contributed by atoms with Gasteiger partial charge in [-0.2, -0.15) is 0 Å². The van der Waals surface area contributed by atoms with Crippen molar-refractivity contribution in [3.8, 4) is 0 Å². The van der Waals surface area contributed by atoms with Gasteiger partial charge in [0.2, 0.25) is 0 Å². The predicted octanol–water partition coefficient (Wildman–Crippen LogP) is 4.30. The Morgan fingerprint density at radius 2 is 2.00 bits per heavy atom. The summed E-state index contributed by atoms with van der Waals surface area (Å²) < 4.78 is 2.75. The fourth-order valence-electron chi connectivity index (χ4n) is 2.43. The zero-order valence-corrected chi connectivity index (χ0v) is 13.8. The number of hydrogen-bond acceptors (Lipinski definition) is 2. The molecule has 3 rings (SSSR count). The van der Waals surface area contributed by atoms with Gasteiger partial charge in [0.25, 0.3) is 5.91 Å². The van der Waals surface area contributed by atoms with Crippen LogP contribution in [0, 0.1) is 0 Å². The summed E-state index contributed by atoms with van der Waals surface area (Å²) in [5.41, 5.74) is 2.99. The number of nitrogens with zero attached hydrogens (tertiary/aromatic N) is 2. The van der Waals surface area contributed by atoms with E-state index in [1.54, 1.807) is 0 Å². The Labute approximate surface area is 137 Å². The summed E-state index contributed by atoms with van der Waals surface area (Å²) in [7, 11) is 0. The largest absolute Gasteiger partial charge is 0.321 e. The van der Waals surface area contributed by atoms with Gasteiger partial charge in [-0.1, -0.05) is 31.5 Å². The van der Waals surface area contributed by atoms with Crippen molar-refractivity contribution in [2.45, 2.75) is 19.8 Å². The molecule has 2 aromatic heterocycles. The number of fused-ring (bicyclic) bond motifs is 1. The maximum Gasteiger partial charge on any atom is 0.274 e. The molecule has 112 valence electrons. The highest BCUT2D eigenvalue weighted by atomic mass is 79.9. The molecule has 0 aliphatic rings. The molecule has 0 unspecified atom stereocenters. The quantitative estimate of drug-likeness (QED) is 0.756. The van der Waals surface area contributed by atoms with Crippen LogP contribution in [0.2, 0.25) is 0 Å². The van der Waals surface area contributed by atoms with Crippen molar-refractivity contribution in [3.05, 3.63) is 64.5 Å². The van der Waals surface area contributed by atoms with E-state index in [-0.39, 0.29) is 5.91 Å². The highest BCUT2D eigenvalue weighted by molar-refractivity contribution is 9.10. The van der Waals surface area contributed by atoms with Crippen LogP contribution < -0.4 is 5.32 Å². The number of carbonyl (C=O) groups is 1. The molecule has 1 N–H and O–H groups in total. The van der Waals surface area contributed by atoms with Gasteiger partial charge >= 0.3 is 0 Å². The zero-order valence-electron chi connectivity index (χ0n) is 12.2. The highest BCUT2D eigenvalue weighted by Gasteiger charge is 2.19. The van der Waals surface area contributed by atoms with Crippen LogP contribution in [-0.4, -0.2) is 15.3 Å². The number of aromatic nitrogens is 2. The second-order valence-corrected chi connectivity index (χ2v) is 5.97. The SMILES string of the molecule is CCCc1nc2ccc(Br)cn2c1C(=O)Nc1ccccc1. The van der Waals surface area contributed by atoms with E-state index >= 15 is 0 Å². The average molecular weight is 358 g/mol. The Kier molecular flexibility index (Phi) is 4.24. The molecule has 0 fully saturated rings. The van der Waals surface area contributed by atoms with E-state index in [1.807, 2.05) is 53.1 Å². The van der Waals surface area contributed by atoms with Crippen molar-refractivity contribution >= 4 is 33.2 Å². The lowest BCUT2D eigenvalue weighted by Gasteiger charge is -2.07. The molecule has 22 heavy (non-hydrogen) atoms. The lowest BCUT2D eigenvalue weighted by Crippen LogP contribution is -2.16. The van der Waals surface area contributed by atoms with Gasteiger partial charge in [0.05, 0.1) is 5.69 Å². The molecule has 0 aliphatic heterocycles. The second-order valence-electron chi connectivity index (χ2n) is 5.05. The lowest BCUT2D eigenvalue weighted by atomic mass is 10.2. The molecule has 0 atom stereocenters. The first-order chi connectivity index (χ1) is 10.7. The van der Waals surface area contributed by atoms with Crippen LogP contribution in [0.4, 0.5) is 5.69 Å². The van der Waals surface area contributed by atoms with E-state index in [0.717, 1.165) is 34.3 Å². The van der Waals surface area contributed by atoms with Gasteiger partial charge in [0.15, 0.2) is 0 Å². The van der Waals surface area contributed by atoms with E-state index < -0.39 is 0 Å². The summed E-state index contributed by atoms with van der Waals surface area (Å²) in [6.45, 7) is 2.08. The van der Waals surface area contributed by atoms with Crippen molar-refractivity contribution in [2.24, 2.45) is 0 Å². The maximum atomic E-state index is 12.7. The van der Waals surface area contributed by atoms with Gasteiger partial charge in [-0.05, 0) is 46.6 Å². The number of benzene rings is 1. The topological polar surface area (TPSA) is 46.4 Å². The van der Waals surface area contributed by atoms with E-state index in [2.05, 4.69) is 33.2 Å². The van der Waals surface area contributed by atoms with Gasteiger partial charge in [-0.3, -0.25) is 9.20 Å². The molecule has 1 aromatic carbocycles. The molecule has 1 amide bonds. The Morgan fingerprint density at radius 1 is 1.23 bits per heavy atom. The Morgan fingerprint density at radius 3 is 2.73 bits per heavy atom. The number of imidazole rings is 1. The molecule has 3 aromatic rings. The van der Waals surface area contributed by atoms with Gasteiger partial charge in [-0.25, -0.2) is 4.98 Å². The fraction of sp³-hybridized carbons (Fsp3) is 0.176. The molecule has 0 spiro atoms. The minimum absolute atomic E-state index is 0.139. The number of anilines is 1. The highest BCUT2D eigenvalue weighted by Crippen LogP contribution is 2.19. The lowest BCUT2D eigenvalue weighted by molar-refractivity contribution is 0.102. The molecule has 5 heteroatoms. The van der Waals surface area contributed by atoms with Crippen LogP contribution in [0.15, 0.2) is 53.1 Å². The first-order valence-corrected chi connectivity index (χ1v) is 8.01. The van der Waals surface area contributed by atoms with Crippen LogP contribution in [0.3, 0.4) is 0 Å². The number of para-hydroxylation sites is 1. The van der Waals surface area contributed by atoms with Crippen molar-refractivity contribution in [2.75, 3.05) is 5.32 Å². The van der Waals surface area contributed by atoms with Gasteiger partial charge in [0, 0.05) is 16.4 Å². The molecule has 0 saturated carbocycles. The van der Waals surface area contributed by atoms with Gasteiger partial charge in [0.1, 0.15) is 11.3 Å². The number of aryl methyl sites for hydroxylation is 1. The number of pyridine rings is 1. The summed E-state index contributed by atoms with van der Waals surface area (Å²) in [5.74, 6) is -0.139. The summed E-state index contributed by atoms with van der Waals surface area (Å²) in [5, 5.41) is 2.94. The minimum Gasteiger partial charge on any atom is -0.321 e. The molecular formula is C17H16BrN3O. The number of halogens is 1. The molecule has 0 radical (unpaired) electrons. The van der Waals surface area contributed by atoms with E-state index in [0.29, 0.717) is 5.69 Å². The molecular weight excluding hydrogens is 342 g/mol. The van der Waals surface area contributed by atoms with Crippen LogP contribution >= 0.6 is 15.9 Å². The van der Waals surface area contributed by atoms with E-state index in [1.165, 1.54) is 0 Å². The molecule has 4 nitrogen and oxygen atoms in total. The smallest absolute Gasteiger partial charge is 0.274 e. The standard InChI is InChI=1S/C17H16BrN3O/c1-2-6-14-16(17(22)19-13-7-4-3-5-8-13)21-11-12(18)9-10-15(21)20-14/h3-5,7-11H,2,6H2,1H3,(H,19,22). The van der Waals surface area contributed by atoms with Crippen molar-refractivity contribution in [1.29, 1.82) is 0 Å². The Balaban J connectivity index is 2.05. The number of nitrogens with one attached hydrogen (secondary N) is 1. The summed E-state index contributed by atoms with van der Waals surface area (Å²) in [4.78, 5) is 17.3. The first kappa shape index (κ1) is 14.8. The van der Waals surface area contributed by atoms with E-state index in [4.69, 9.17) is 0 Å². The van der Waals surface area contributed by atoms with E-state index in [9.17, 15) is 4.79 Å². The van der Waals surface area contributed by atoms with Crippen molar-refractivity contribution < 1.29 is 4.79 Å². The summed E-state index contributed by atoms with van der Waals surface area (Å²) in [6, 6.07) is 13.3. The monoisotopic (exact) mass is 357 g/mol. The number of hydrogen-bond donors (Lipinski definition) is 1. The first-order valence-electron chi connectivity index (χ1n) is 7.22. The van der Waals surface area contributed by atoms with Crippen molar-refractivity contribution in [3.63, 3.8) is 0 Å². The third kappa shape index (κ3) is 2.90. The third-order valence-corrected chi connectivity index (χ3v) is 3.86.